The summed E-state index contributed by atoms with van der Waals surface area (Å²) < 4.78 is 0. The van der Waals surface area contributed by atoms with E-state index in [-0.39, 0.29) is 11.1 Å². The minimum atomic E-state index is -0.278. The number of nitrogens with one attached hydrogen (secondary N) is 3. The molecule has 1 aromatic heterocycles. The molecule has 5 nitrogen and oxygen atoms in total. The van der Waals surface area contributed by atoms with Gasteiger partial charge in [-0.2, -0.15) is 0 Å². The topological polar surface area (TPSA) is 77.8 Å². The van der Waals surface area contributed by atoms with E-state index in [1.165, 1.54) is 0 Å². The van der Waals surface area contributed by atoms with Gasteiger partial charge >= 0.3 is 0 Å². The Kier molecular flexibility index (Phi) is 4.04. The molecule has 1 aromatic carbocycles. The summed E-state index contributed by atoms with van der Waals surface area (Å²) in [6, 6.07) is 5.27. The fourth-order valence-electron chi connectivity index (χ4n) is 2.26. The van der Waals surface area contributed by atoms with Crippen molar-refractivity contribution in [2.75, 3.05) is 11.9 Å². The zero-order valence-corrected chi connectivity index (χ0v) is 11.2. The van der Waals surface area contributed by atoms with Crippen molar-refractivity contribution in [3.63, 3.8) is 0 Å². The van der Waals surface area contributed by atoms with E-state index in [9.17, 15) is 9.59 Å². The molecule has 1 atom stereocenters. The van der Waals surface area contributed by atoms with E-state index < -0.39 is 0 Å². The van der Waals surface area contributed by atoms with Crippen molar-refractivity contribution in [3.05, 3.63) is 38.9 Å². The highest BCUT2D eigenvalue weighted by Gasteiger charge is 2.08. The molecule has 0 aliphatic rings. The van der Waals surface area contributed by atoms with E-state index in [0.29, 0.717) is 22.4 Å². The molecule has 0 spiro atoms. The van der Waals surface area contributed by atoms with Crippen molar-refractivity contribution >= 4 is 16.5 Å². The van der Waals surface area contributed by atoms with Gasteiger partial charge < -0.3 is 5.32 Å². The summed E-state index contributed by atoms with van der Waals surface area (Å²) in [6.07, 6.45) is 2.27. The number of rotatable bonds is 5. The van der Waals surface area contributed by atoms with Crippen molar-refractivity contribution in [2.24, 2.45) is 5.92 Å². The normalized spacial score (nSPS) is 12.5. The summed E-state index contributed by atoms with van der Waals surface area (Å²) in [4.78, 5) is 23.5. The molecule has 0 saturated heterocycles. The molecule has 19 heavy (non-hydrogen) atoms. The second-order valence-corrected chi connectivity index (χ2v) is 4.91. The summed E-state index contributed by atoms with van der Waals surface area (Å²) in [5.41, 5.74) is 0.161. The summed E-state index contributed by atoms with van der Waals surface area (Å²) in [5.74, 6) is 0.529. The van der Waals surface area contributed by atoms with Crippen LogP contribution in [-0.4, -0.2) is 16.7 Å². The molecule has 5 heteroatoms. The third-order valence-corrected chi connectivity index (χ3v) is 3.25. The lowest BCUT2D eigenvalue weighted by atomic mass is 10.1. The maximum absolute atomic E-state index is 11.9. The van der Waals surface area contributed by atoms with Gasteiger partial charge in [0.05, 0.1) is 10.8 Å². The zero-order chi connectivity index (χ0) is 13.8. The Balaban J connectivity index is 2.36. The quantitative estimate of drug-likeness (QED) is 0.771. The summed E-state index contributed by atoms with van der Waals surface area (Å²) in [5, 5.41) is 8.80. The summed E-state index contributed by atoms with van der Waals surface area (Å²) >= 11 is 0. The van der Waals surface area contributed by atoms with Crippen molar-refractivity contribution in [1.82, 2.24) is 10.2 Å². The van der Waals surface area contributed by atoms with Crippen LogP contribution in [0.4, 0.5) is 5.69 Å². The average Bonchev–Trinajstić information content (AvgIpc) is 2.41. The van der Waals surface area contributed by atoms with Crippen molar-refractivity contribution in [3.8, 4) is 0 Å². The van der Waals surface area contributed by atoms with Gasteiger partial charge in [-0.1, -0.05) is 26.3 Å². The largest absolute Gasteiger partial charge is 0.384 e. The smallest absolute Gasteiger partial charge is 0.272 e. The third-order valence-electron chi connectivity index (χ3n) is 3.25. The number of H-pyrrole nitrogens is 2. The van der Waals surface area contributed by atoms with Crippen LogP contribution in [0.3, 0.4) is 0 Å². The number of anilines is 1. The molecule has 1 heterocycles. The standard InChI is InChI=1S/C14H19N3O2/c1-3-5-9(2)8-15-11-7-4-6-10-12(11)14(19)17-16-13(10)18/h4,6-7,9,15H,3,5,8H2,1-2H3,(H,16,18)(H,17,19). The minimum Gasteiger partial charge on any atom is -0.384 e. The zero-order valence-electron chi connectivity index (χ0n) is 11.2. The van der Waals surface area contributed by atoms with Crippen molar-refractivity contribution in [2.45, 2.75) is 26.7 Å². The van der Waals surface area contributed by atoms with Crippen LogP contribution in [0, 0.1) is 5.92 Å². The van der Waals surface area contributed by atoms with Gasteiger partial charge in [-0.05, 0) is 24.5 Å². The summed E-state index contributed by atoms with van der Waals surface area (Å²) in [6.45, 7) is 5.11. The van der Waals surface area contributed by atoms with E-state index in [4.69, 9.17) is 0 Å². The molecule has 2 rings (SSSR count). The third kappa shape index (κ3) is 2.86. The fourth-order valence-corrected chi connectivity index (χ4v) is 2.26. The summed E-state index contributed by atoms with van der Waals surface area (Å²) in [7, 11) is 0. The first kappa shape index (κ1) is 13.4. The Morgan fingerprint density at radius 3 is 2.68 bits per heavy atom. The Morgan fingerprint density at radius 2 is 1.95 bits per heavy atom. The van der Waals surface area contributed by atoms with Crippen LogP contribution in [0.2, 0.25) is 0 Å². The van der Waals surface area contributed by atoms with Crippen molar-refractivity contribution in [1.29, 1.82) is 0 Å². The van der Waals surface area contributed by atoms with Crippen LogP contribution in [-0.2, 0) is 0 Å². The predicted octanol–water partition coefficient (Wildman–Crippen LogP) is 2.06. The van der Waals surface area contributed by atoms with Crippen LogP contribution in [0.5, 0.6) is 0 Å². The van der Waals surface area contributed by atoms with E-state index in [1.54, 1.807) is 12.1 Å². The number of fused-ring (bicyclic) bond motifs is 1. The average molecular weight is 261 g/mol. The van der Waals surface area contributed by atoms with Gasteiger partial charge in [0, 0.05) is 12.2 Å². The van der Waals surface area contributed by atoms with E-state index in [0.717, 1.165) is 19.4 Å². The molecular weight excluding hydrogens is 242 g/mol. The first-order valence-electron chi connectivity index (χ1n) is 6.61. The first-order chi connectivity index (χ1) is 9.13. The Hall–Kier alpha value is -2.04. The lowest BCUT2D eigenvalue weighted by Gasteiger charge is -2.13. The highest BCUT2D eigenvalue weighted by molar-refractivity contribution is 5.92. The lowest BCUT2D eigenvalue weighted by Crippen LogP contribution is -2.21. The molecule has 102 valence electrons. The van der Waals surface area contributed by atoms with Crippen LogP contribution < -0.4 is 16.4 Å². The molecule has 0 aliphatic heterocycles. The van der Waals surface area contributed by atoms with Crippen LogP contribution in [0.25, 0.3) is 10.8 Å². The van der Waals surface area contributed by atoms with E-state index in [2.05, 4.69) is 29.4 Å². The van der Waals surface area contributed by atoms with Crippen molar-refractivity contribution < 1.29 is 0 Å². The van der Waals surface area contributed by atoms with Gasteiger partial charge in [-0.25, -0.2) is 0 Å². The van der Waals surface area contributed by atoms with Crippen LogP contribution in [0.15, 0.2) is 27.8 Å². The van der Waals surface area contributed by atoms with Gasteiger partial charge in [0.25, 0.3) is 11.1 Å². The molecule has 0 aliphatic carbocycles. The highest BCUT2D eigenvalue weighted by Crippen LogP contribution is 2.17. The Labute approximate surface area is 111 Å². The fraction of sp³-hybridized carbons (Fsp3) is 0.429. The predicted molar refractivity (Wildman–Crippen MR) is 77.8 cm³/mol. The maximum atomic E-state index is 11.9. The number of benzene rings is 1. The molecular formula is C14H19N3O2. The van der Waals surface area contributed by atoms with Crippen LogP contribution >= 0.6 is 0 Å². The molecule has 1 unspecified atom stereocenters. The maximum Gasteiger partial charge on any atom is 0.272 e. The Morgan fingerprint density at radius 1 is 1.21 bits per heavy atom. The first-order valence-corrected chi connectivity index (χ1v) is 6.61. The van der Waals surface area contributed by atoms with E-state index in [1.807, 2.05) is 6.07 Å². The van der Waals surface area contributed by atoms with Gasteiger partial charge in [0.1, 0.15) is 0 Å². The second-order valence-electron chi connectivity index (χ2n) is 4.91. The number of hydrogen-bond donors (Lipinski definition) is 3. The molecule has 0 amide bonds. The molecule has 3 N–H and O–H groups in total. The monoisotopic (exact) mass is 261 g/mol. The van der Waals surface area contributed by atoms with Gasteiger partial charge in [0.2, 0.25) is 0 Å². The lowest BCUT2D eigenvalue weighted by molar-refractivity contribution is 0.551. The van der Waals surface area contributed by atoms with Crippen LogP contribution in [0.1, 0.15) is 26.7 Å². The molecule has 0 radical (unpaired) electrons. The SMILES string of the molecule is CCCC(C)CNc1cccc2c(=O)[nH][nH]c(=O)c12. The molecule has 0 saturated carbocycles. The number of aromatic nitrogens is 2. The second kappa shape index (κ2) is 5.73. The number of hydrogen-bond acceptors (Lipinski definition) is 3. The van der Waals surface area contributed by atoms with E-state index >= 15 is 0 Å². The minimum absolute atomic E-state index is 0.277. The van der Waals surface area contributed by atoms with Gasteiger partial charge in [0.15, 0.2) is 0 Å². The van der Waals surface area contributed by atoms with Gasteiger partial charge in [-0.3, -0.25) is 19.8 Å². The molecule has 0 fully saturated rings. The molecule has 2 aromatic rings. The van der Waals surface area contributed by atoms with Gasteiger partial charge in [-0.15, -0.1) is 0 Å². The highest BCUT2D eigenvalue weighted by atomic mass is 16.1. The molecule has 0 bridgehead atoms. The Bertz CT molecular complexity index is 672. The number of aromatic amines is 2.